The molecular formula is C23H22Cl2F3NO3. The molecule has 2 aromatic rings. The van der Waals surface area contributed by atoms with Crippen LogP contribution >= 0.6 is 23.2 Å². The number of carbonyl (C=O) groups is 2. The maximum Gasteiger partial charge on any atom is 0.392 e. The predicted octanol–water partition coefficient (Wildman–Crippen LogP) is 6.88. The summed E-state index contributed by atoms with van der Waals surface area (Å²) in [5, 5.41) is 12.3. The van der Waals surface area contributed by atoms with Gasteiger partial charge in [-0.2, -0.15) is 13.2 Å². The molecule has 0 spiro atoms. The third-order valence-electron chi connectivity index (χ3n) is 5.79. The number of carboxylic acid groups (broad SMARTS) is 1. The van der Waals surface area contributed by atoms with E-state index in [1.807, 2.05) is 0 Å². The lowest BCUT2D eigenvalue weighted by Gasteiger charge is -2.26. The molecule has 32 heavy (non-hydrogen) atoms. The second-order valence-corrected chi connectivity index (χ2v) is 8.97. The number of hydrogen-bond acceptors (Lipinski definition) is 2. The molecule has 3 rings (SSSR count). The lowest BCUT2D eigenvalue weighted by molar-refractivity contribution is -0.178. The third kappa shape index (κ3) is 5.95. The zero-order valence-corrected chi connectivity index (χ0v) is 18.6. The number of nitrogens with one attached hydrogen (secondary N) is 1. The van der Waals surface area contributed by atoms with Crippen molar-refractivity contribution in [2.45, 2.75) is 44.2 Å². The van der Waals surface area contributed by atoms with E-state index in [1.54, 1.807) is 12.1 Å². The Morgan fingerprint density at radius 1 is 1.09 bits per heavy atom. The normalized spacial score (nSPS) is 16.8. The molecule has 172 valence electrons. The number of anilines is 1. The highest BCUT2D eigenvalue weighted by Gasteiger charge is 2.45. The minimum absolute atomic E-state index is 0.0712. The topological polar surface area (TPSA) is 66.4 Å². The van der Waals surface area contributed by atoms with Crippen LogP contribution in [-0.4, -0.2) is 23.2 Å². The van der Waals surface area contributed by atoms with Gasteiger partial charge >= 0.3 is 12.1 Å². The van der Waals surface area contributed by atoms with Crippen LogP contribution in [0.5, 0.6) is 0 Å². The van der Waals surface area contributed by atoms with Crippen LogP contribution in [0.2, 0.25) is 10.0 Å². The summed E-state index contributed by atoms with van der Waals surface area (Å²) in [6, 6.07) is 10.4. The molecule has 0 unspecified atom stereocenters. The highest BCUT2D eigenvalue weighted by atomic mass is 35.5. The van der Waals surface area contributed by atoms with Crippen molar-refractivity contribution in [2.75, 3.05) is 5.32 Å². The van der Waals surface area contributed by atoms with Gasteiger partial charge in [0.05, 0.1) is 29.0 Å². The number of aliphatic carboxylic acids is 1. The summed E-state index contributed by atoms with van der Waals surface area (Å²) in [4.78, 5) is 24.3. The third-order valence-corrected chi connectivity index (χ3v) is 6.37. The van der Waals surface area contributed by atoms with Crippen LogP contribution in [-0.2, 0) is 9.59 Å². The first-order chi connectivity index (χ1) is 15.0. The molecule has 0 saturated heterocycles. The highest BCUT2D eigenvalue weighted by molar-refractivity contribution is 6.33. The van der Waals surface area contributed by atoms with Gasteiger partial charge in [0.25, 0.3) is 0 Å². The van der Waals surface area contributed by atoms with E-state index in [9.17, 15) is 27.9 Å². The maximum absolute atomic E-state index is 13.5. The molecule has 0 aromatic heterocycles. The molecule has 2 N–H and O–H groups in total. The number of amides is 1. The number of carboxylic acids is 1. The van der Waals surface area contributed by atoms with Crippen LogP contribution in [0.1, 0.15) is 49.1 Å². The number of alkyl halides is 3. The zero-order valence-electron chi connectivity index (χ0n) is 17.1. The van der Waals surface area contributed by atoms with Crippen LogP contribution in [0.3, 0.4) is 0 Å². The van der Waals surface area contributed by atoms with E-state index < -0.39 is 29.9 Å². The van der Waals surface area contributed by atoms with Gasteiger partial charge in [-0.3, -0.25) is 9.59 Å². The van der Waals surface area contributed by atoms with Crippen molar-refractivity contribution in [3.63, 3.8) is 0 Å². The molecule has 0 aliphatic heterocycles. The van der Waals surface area contributed by atoms with Crippen LogP contribution in [0.25, 0.3) is 0 Å². The van der Waals surface area contributed by atoms with Crippen molar-refractivity contribution in [2.24, 2.45) is 11.8 Å². The summed E-state index contributed by atoms with van der Waals surface area (Å²) in [7, 11) is 0. The molecule has 1 saturated carbocycles. The fourth-order valence-corrected chi connectivity index (χ4v) is 4.14. The van der Waals surface area contributed by atoms with Gasteiger partial charge in [-0.25, -0.2) is 0 Å². The van der Waals surface area contributed by atoms with Gasteiger partial charge in [0, 0.05) is 5.02 Å². The Hall–Kier alpha value is -2.25. The molecular weight excluding hydrogens is 466 g/mol. The Morgan fingerprint density at radius 2 is 1.69 bits per heavy atom. The summed E-state index contributed by atoms with van der Waals surface area (Å²) in [5.41, 5.74) is 1.01. The summed E-state index contributed by atoms with van der Waals surface area (Å²) in [6.07, 6.45) is -2.86. The van der Waals surface area contributed by atoms with Gasteiger partial charge in [-0.1, -0.05) is 48.3 Å². The Morgan fingerprint density at radius 3 is 2.22 bits per heavy atom. The molecule has 1 fully saturated rings. The molecule has 9 heteroatoms. The Balaban J connectivity index is 1.91. The Kier molecular flexibility index (Phi) is 7.40. The second-order valence-electron chi connectivity index (χ2n) is 8.13. The first-order valence-corrected chi connectivity index (χ1v) is 10.9. The van der Waals surface area contributed by atoms with E-state index >= 15 is 0 Å². The van der Waals surface area contributed by atoms with Crippen LogP contribution in [0.4, 0.5) is 18.9 Å². The summed E-state index contributed by atoms with van der Waals surface area (Å²) in [6.45, 7) is 0.951. The van der Waals surface area contributed by atoms with E-state index in [1.165, 1.54) is 30.3 Å². The summed E-state index contributed by atoms with van der Waals surface area (Å²) >= 11 is 12.1. The minimum atomic E-state index is -4.61. The lowest BCUT2D eigenvalue weighted by Crippen LogP contribution is -2.34. The number of halogens is 5. The van der Waals surface area contributed by atoms with E-state index in [2.05, 4.69) is 5.32 Å². The van der Waals surface area contributed by atoms with E-state index in [0.717, 1.165) is 19.8 Å². The van der Waals surface area contributed by atoms with Gasteiger partial charge in [0.1, 0.15) is 0 Å². The molecule has 3 atom stereocenters. The van der Waals surface area contributed by atoms with Crippen LogP contribution in [0, 0.1) is 11.8 Å². The van der Waals surface area contributed by atoms with Crippen molar-refractivity contribution in [3.05, 3.63) is 63.6 Å². The first kappa shape index (κ1) is 24.4. The second kappa shape index (κ2) is 9.71. The highest BCUT2D eigenvalue weighted by Crippen LogP contribution is 2.46. The fourth-order valence-electron chi connectivity index (χ4n) is 3.85. The van der Waals surface area contributed by atoms with Gasteiger partial charge in [-0.15, -0.1) is 0 Å². The average molecular weight is 488 g/mol. The minimum Gasteiger partial charge on any atom is -0.481 e. The van der Waals surface area contributed by atoms with E-state index in [0.29, 0.717) is 10.6 Å². The summed E-state index contributed by atoms with van der Waals surface area (Å²) < 4.78 is 40.6. The van der Waals surface area contributed by atoms with Gasteiger partial charge in [0.15, 0.2) is 0 Å². The zero-order chi connectivity index (χ0) is 23.6. The Bertz CT molecular complexity index is 991. The van der Waals surface area contributed by atoms with Gasteiger partial charge in [-0.05, 0) is 60.1 Å². The first-order valence-electron chi connectivity index (χ1n) is 10.1. The molecule has 1 amide bonds. The molecule has 1 aliphatic rings. The van der Waals surface area contributed by atoms with Crippen LogP contribution in [0.15, 0.2) is 42.5 Å². The number of benzene rings is 2. The van der Waals surface area contributed by atoms with Crippen LogP contribution < -0.4 is 5.32 Å². The fraction of sp³-hybridized carbons (Fsp3) is 0.391. The Labute approximate surface area is 193 Å². The standard InChI is InChI=1S/C23H22Cl2F3NO3/c1-12(23(26,27)28)21(14-4-7-16(24)8-5-14)22(32)29-19-10-15(6-9-18(19)25)17(11-20(30)31)13-2-3-13/h4-10,12-13,17,21H,2-3,11H2,1H3,(H,29,32)(H,30,31)/t12-,17-,21+/m1/s1. The number of hydrogen-bond donors (Lipinski definition) is 2. The molecule has 0 radical (unpaired) electrons. The predicted molar refractivity (Wildman–Crippen MR) is 117 cm³/mol. The smallest absolute Gasteiger partial charge is 0.392 e. The van der Waals surface area contributed by atoms with Crippen molar-refractivity contribution in [3.8, 4) is 0 Å². The van der Waals surface area contributed by atoms with Crippen molar-refractivity contribution < 1.29 is 27.9 Å². The van der Waals surface area contributed by atoms with Gasteiger partial charge < -0.3 is 10.4 Å². The maximum atomic E-state index is 13.5. The number of carbonyl (C=O) groups excluding carboxylic acids is 1. The molecule has 0 heterocycles. The van der Waals surface area contributed by atoms with Crippen molar-refractivity contribution in [1.29, 1.82) is 0 Å². The molecule has 0 bridgehead atoms. The monoisotopic (exact) mass is 487 g/mol. The lowest BCUT2D eigenvalue weighted by atomic mass is 9.85. The number of rotatable bonds is 8. The average Bonchev–Trinajstić information content (AvgIpc) is 3.54. The van der Waals surface area contributed by atoms with Gasteiger partial charge in [0.2, 0.25) is 5.91 Å². The summed E-state index contributed by atoms with van der Waals surface area (Å²) in [5.74, 6) is -5.31. The SMILES string of the molecule is C[C@H]([C@H](C(=O)Nc1cc([C@H](CC(=O)O)C2CC2)ccc1Cl)c1ccc(Cl)cc1)C(F)(F)F. The van der Waals surface area contributed by atoms with Crippen molar-refractivity contribution >= 4 is 40.8 Å². The van der Waals surface area contributed by atoms with Crippen molar-refractivity contribution in [1.82, 2.24) is 0 Å². The van der Waals surface area contributed by atoms with E-state index in [-0.39, 0.29) is 34.5 Å². The van der Waals surface area contributed by atoms with E-state index in [4.69, 9.17) is 23.2 Å². The quantitative estimate of drug-likeness (QED) is 0.426. The molecule has 1 aliphatic carbocycles. The molecule has 2 aromatic carbocycles. The molecule has 4 nitrogen and oxygen atoms in total. The largest absolute Gasteiger partial charge is 0.481 e.